The van der Waals surface area contributed by atoms with Gasteiger partial charge in [-0.15, -0.1) is 0 Å². The highest BCUT2D eigenvalue weighted by atomic mass is 16.5. The SMILES string of the molecule is C=CC(=O)N1CCc2nc3c(C(N)=O)c(-c4ccc(OCc5ccccc5)cc4)[nH]n3c2C1. The fourth-order valence-electron chi connectivity index (χ4n) is 4.15. The number of benzene rings is 2. The molecule has 0 unspecified atom stereocenters. The highest BCUT2D eigenvalue weighted by molar-refractivity contribution is 6.04. The van der Waals surface area contributed by atoms with E-state index in [1.807, 2.05) is 54.6 Å². The molecule has 2 amide bonds. The van der Waals surface area contributed by atoms with Crippen LogP contribution in [0.3, 0.4) is 0 Å². The van der Waals surface area contributed by atoms with Crippen molar-refractivity contribution in [2.75, 3.05) is 6.54 Å². The number of amides is 2. The van der Waals surface area contributed by atoms with Crippen LogP contribution in [0.5, 0.6) is 5.75 Å². The highest BCUT2D eigenvalue weighted by Gasteiger charge is 2.28. The Kier molecular flexibility index (Phi) is 5.18. The first-order chi connectivity index (χ1) is 16.0. The summed E-state index contributed by atoms with van der Waals surface area (Å²) in [5, 5.41) is 3.27. The van der Waals surface area contributed by atoms with Gasteiger partial charge in [0.25, 0.3) is 5.91 Å². The number of aromatic amines is 1. The van der Waals surface area contributed by atoms with Gasteiger partial charge in [0.1, 0.15) is 17.9 Å². The van der Waals surface area contributed by atoms with Gasteiger partial charge < -0.3 is 15.4 Å². The van der Waals surface area contributed by atoms with E-state index in [9.17, 15) is 9.59 Å². The van der Waals surface area contributed by atoms with Gasteiger partial charge in [-0.25, -0.2) is 9.50 Å². The number of nitrogens with two attached hydrogens (primary N) is 1. The lowest BCUT2D eigenvalue weighted by molar-refractivity contribution is -0.126. The summed E-state index contributed by atoms with van der Waals surface area (Å²) < 4.78 is 7.62. The average molecular weight is 441 g/mol. The Labute approximate surface area is 190 Å². The van der Waals surface area contributed by atoms with Gasteiger partial charge in [0.15, 0.2) is 5.65 Å². The predicted molar refractivity (Wildman–Crippen MR) is 124 cm³/mol. The van der Waals surface area contributed by atoms with Crippen LogP contribution < -0.4 is 10.5 Å². The van der Waals surface area contributed by atoms with Crippen LogP contribution in [0.15, 0.2) is 67.3 Å². The molecule has 0 fully saturated rings. The van der Waals surface area contributed by atoms with Crippen LogP contribution in [0.25, 0.3) is 16.9 Å². The third-order valence-electron chi connectivity index (χ3n) is 5.84. The van der Waals surface area contributed by atoms with E-state index in [0.717, 1.165) is 28.3 Å². The molecule has 0 spiro atoms. The van der Waals surface area contributed by atoms with Gasteiger partial charge in [0, 0.05) is 18.5 Å². The minimum Gasteiger partial charge on any atom is -0.489 e. The van der Waals surface area contributed by atoms with E-state index >= 15 is 0 Å². The third-order valence-corrected chi connectivity index (χ3v) is 5.84. The lowest BCUT2D eigenvalue weighted by Gasteiger charge is -2.25. The molecular formula is C25H23N5O3. The first-order valence-electron chi connectivity index (χ1n) is 10.7. The molecule has 2 aromatic heterocycles. The van der Waals surface area contributed by atoms with Gasteiger partial charge in [0.05, 0.1) is 23.6 Å². The molecule has 3 heterocycles. The largest absolute Gasteiger partial charge is 0.489 e. The quantitative estimate of drug-likeness (QED) is 0.449. The molecule has 0 saturated carbocycles. The molecule has 33 heavy (non-hydrogen) atoms. The number of fused-ring (bicyclic) bond motifs is 3. The summed E-state index contributed by atoms with van der Waals surface area (Å²) in [6.07, 6.45) is 1.91. The zero-order valence-electron chi connectivity index (χ0n) is 18.0. The monoisotopic (exact) mass is 441 g/mol. The van der Waals surface area contributed by atoms with Crippen LogP contribution >= 0.6 is 0 Å². The van der Waals surface area contributed by atoms with Crippen molar-refractivity contribution in [3.63, 3.8) is 0 Å². The number of rotatable bonds is 6. The molecule has 166 valence electrons. The van der Waals surface area contributed by atoms with Gasteiger partial charge in [-0.2, -0.15) is 0 Å². The maximum absolute atomic E-state index is 12.4. The average Bonchev–Trinajstić information content (AvgIpc) is 3.39. The van der Waals surface area contributed by atoms with Crippen LogP contribution in [-0.2, 0) is 24.4 Å². The van der Waals surface area contributed by atoms with Crippen LogP contribution in [0.1, 0.15) is 27.3 Å². The number of aromatic nitrogens is 3. The Bertz CT molecular complexity index is 1350. The number of hydrogen-bond donors (Lipinski definition) is 2. The summed E-state index contributed by atoms with van der Waals surface area (Å²) >= 11 is 0. The standard InChI is InChI=1S/C25H23N5O3/c1-2-21(31)29-13-12-19-20(14-29)30-25(27-19)22(24(26)32)23(28-30)17-8-10-18(11-9-17)33-15-16-6-4-3-5-7-16/h2-11,28H,1,12-15H2,(H2,26,32). The van der Waals surface area contributed by atoms with Crippen LogP contribution in [0.2, 0.25) is 0 Å². The molecule has 8 heteroatoms. The zero-order valence-corrected chi connectivity index (χ0v) is 18.0. The smallest absolute Gasteiger partial charge is 0.254 e. The molecule has 0 atom stereocenters. The molecule has 0 radical (unpaired) electrons. The van der Waals surface area contributed by atoms with Crippen molar-refractivity contribution in [3.05, 3.63) is 89.8 Å². The molecule has 3 N–H and O–H groups in total. The molecule has 0 bridgehead atoms. The molecule has 1 aliphatic rings. The number of carbonyl (C=O) groups is 2. The van der Waals surface area contributed by atoms with Crippen molar-refractivity contribution in [1.82, 2.24) is 19.5 Å². The number of carbonyl (C=O) groups excluding carboxylic acids is 2. The summed E-state index contributed by atoms with van der Waals surface area (Å²) in [6, 6.07) is 17.4. The number of H-pyrrole nitrogens is 1. The van der Waals surface area contributed by atoms with Crippen molar-refractivity contribution in [3.8, 4) is 17.0 Å². The fraction of sp³-hybridized carbons (Fsp3) is 0.160. The lowest BCUT2D eigenvalue weighted by Crippen LogP contribution is -2.35. The van der Waals surface area contributed by atoms with Crippen molar-refractivity contribution >= 4 is 17.5 Å². The summed E-state index contributed by atoms with van der Waals surface area (Å²) in [5.74, 6) is 0.0149. The first kappa shape index (κ1) is 20.6. The number of nitrogens with zero attached hydrogens (tertiary/aromatic N) is 3. The normalized spacial score (nSPS) is 13.0. The molecule has 0 saturated heterocycles. The van der Waals surface area contributed by atoms with E-state index in [4.69, 9.17) is 10.5 Å². The second-order valence-electron chi connectivity index (χ2n) is 7.90. The summed E-state index contributed by atoms with van der Waals surface area (Å²) in [6.45, 7) is 4.97. The minimum absolute atomic E-state index is 0.136. The maximum atomic E-state index is 12.4. The number of imidazole rings is 1. The summed E-state index contributed by atoms with van der Waals surface area (Å²) in [5.41, 5.74) is 10.7. The number of primary amides is 1. The Balaban J connectivity index is 1.46. The second kappa shape index (κ2) is 8.31. The second-order valence-corrected chi connectivity index (χ2v) is 7.90. The minimum atomic E-state index is -0.568. The van der Waals surface area contributed by atoms with E-state index in [1.54, 1.807) is 9.42 Å². The highest BCUT2D eigenvalue weighted by Crippen LogP contribution is 2.30. The van der Waals surface area contributed by atoms with E-state index in [0.29, 0.717) is 43.0 Å². The topological polar surface area (TPSA) is 106 Å². The molecule has 2 aromatic carbocycles. The van der Waals surface area contributed by atoms with E-state index in [-0.39, 0.29) is 5.91 Å². The molecular weight excluding hydrogens is 418 g/mol. The van der Waals surface area contributed by atoms with Crippen LogP contribution in [0.4, 0.5) is 0 Å². The number of ether oxygens (including phenoxy) is 1. The van der Waals surface area contributed by atoms with Crippen molar-refractivity contribution in [1.29, 1.82) is 0 Å². The van der Waals surface area contributed by atoms with Crippen molar-refractivity contribution < 1.29 is 14.3 Å². The molecule has 4 aromatic rings. The molecule has 8 nitrogen and oxygen atoms in total. The number of nitrogens with one attached hydrogen (secondary N) is 1. The maximum Gasteiger partial charge on any atom is 0.254 e. The van der Waals surface area contributed by atoms with Crippen LogP contribution in [-0.4, -0.2) is 37.9 Å². The Morgan fingerprint density at radius 3 is 2.61 bits per heavy atom. The van der Waals surface area contributed by atoms with Crippen LogP contribution in [0, 0.1) is 0 Å². The van der Waals surface area contributed by atoms with Gasteiger partial charge in [-0.1, -0.05) is 36.9 Å². The third kappa shape index (κ3) is 3.76. The Morgan fingerprint density at radius 2 is 1.91 bits per heavy atom. The van der Waals surface area contributed by atoms with Gasteiger partial charge in [0.2, 0.25) is 5.91 Å². The van der Waals surface area contributed by atoms with Crippen molar-refractivity contribution in [2.45, 2.75) is 19.6 Å². The zero-order chi connectivity index (χ0) is 22.9. The van der Waals surface area contributed by atoms with Gasteiger partial charge >= 0.3 is 0 Å². The van der Waals surface area contributed by atoms with E-state index in [2.05, 4.69) is 16.7 Å². The lowest BCUT2D eigenvalue weighted by atomic mass is 10.1. The van der Waals surface area contributed by atoms with Crippen molar-refractivity contribution in [2.24, 2.45) is 5.73 Å². The molecule has 1 aliphatic heterocycles. The van der Waals surface area contributed by atoms with E-state index in [1.165, 1.54) is 6.08 Å². The molecule has 5 rings (SSSR count). The summed E-state index contributed by atoms with van der Waals surface area (Å²) in [7, 11) is 0. The molecule has 0 aliphatic carbocycles. The number of hydrogen-bond acceptors (Lipinski definition) is 4. The first-order valence-corrected chi connectivity index (χ1v) is 10.7. The van der Waals surface area contributed by atoms with Gasteiger partial charge in [-0.05, 0) is 35.9 Å². The Hall–Kier alpha value is -4.33. The fourth-order valence-corrected chi connectivity index (χ4v) is 4.15. The van der Waals surface area contributed by atoms with E-state index < -0.39 is 5.91 Å². The Morgan fingerprint density at radius 1 is 1.15 bits per heavy atom. The summed E-state index contributed by atoms with van der Waals surface area (Å²) in [4.78, 5) is 30.8. The van der Waals surface area contributed by atoms with Gasteiger partial charge in [-0.3, -0.25) is 14.7 Å². The predicted octanol–water partition coefficient (Wildman–Crippen LogP) is 3.08.